The molecule has 4 heteroatoms. The van der Waals surface area contributed by atoms with Gasteiger partial charge in [0.05, 0.1) is 45.0 Å². The molecule has 0 radical (unpaired) electrons. The SMILES string of the molecule is c1ccc(-c2cc(-c3ccccc3)nc(-c3ccc(-c4cc(-c5ccc6ccccc6c5)nc5c4cc(-c4ccc6ccccc6c4)c4ccccc45)cc3)c2)cc1.c1ccc(-c2ccc(-c3cc(-c4ccc(-c5ccc6ccccc6n5)cc4)c4cc(-c5ccc(-c6ccccc6)cc5)c5ccccc5c4n3)cc2)cc1. The average molecular weight is 1420 g/mol. The Labute approximate surface area is 650 Å². The summed E-state index contributed by atoms with van der Waals surface area (Å²) < 4.78 is 0. The van der Waals surface area contributed by atoms with Crippen LogP contribution in [0.2, 0.25) is 0 Å². The van der Waals surface area contributed by atoms with E-state index in [0.717, 1.165) is 128 Å². The maximum atomic E-state index is 5.48. The molecule has 0 fully saturated rings. The van der Waals surface area contributed by atoms with Gasteiger partial charge in [0.25, 0.3) is 0 Å². The number of rotatable bonds is 12. The third kappa shape index (κ3) is 13.0. The summed E-state index contributed by atoms with van der Waals surface area (Å²) >= 11 is 0. The van der Waals surface area contributed by atoms with Crippen LogP contribution in [-0.4, -0.2) is 19.9 Å². The molecule has 4 aromatic heterocycles. The van der Waals surface area contributed by atoms with Crippen LogP contribution in [0.15, 0.2) is 425 Å². The maximum Gasteiger partial charge on any atom is 0.0794 e. The van der Waals surface area contributed by atoms with E-state index in [1.165, 1.54) is 82.4 Å². The van der Waals surface area contributed by atoms with Crippen molar-refractivity contribution in [2.75, 3.05) is 0 Å². The first kappa shape index (κ1) is 66.6. The van der Waals surface area contributed by atoms with Crippen molar-refractivity contribution in [3.05, 3.63) is 425 Å². The Hall–Kier alpha value is -14.8. The van der Waals surface area contributed by atoms with E-state index in [1.807, 2.05) is 12.1 Å². The summed E-state index contributed by atoms with van der Waals surface area (Å²) in [7, 11) is 0. The van der Waals surface area contributed by atoms with E-state index in [2.05, 4.69) is 413 Å². The maximum absolute atomic E-state index is 5.48. The number of para-hydroxylation sites is 1. The minimum atomic E-state index is 0.938. The highest BCUT2D eigenvalue weighted by atomic mass is 14.7. The molecule has 522 valence electrons. The van der Waals surface area contributed by atoms with E-state index < -0.39 is 0 Å². The van der Waals surface area contributed by atoms with E-state index >= 15 is 0 Å². The molecule has 17 aromatic carbocycles. The second-order valence-electron chi connectivity index (χ2n) is 28.8. The molecule has 0 saturated heterocycles. The van der Waals surface area contributed by atoms with Gasteiger partial charge in [-0.15, -0.1) is 0 Å². The highest BCUT2D eigenvalue weighted by Crippen LogP contribution is 2.45. The number of hydrogen-bond acceptors (Lipinski definition) is 4. The highest BCUT2D eigenvalue weighted by Gasteiger charge is 2.21. The van der Waals surface area contributed by atoms with Crippen molar-refractivity contribution in [3.8, 4) is 134 Å². The van der Waals surface area contributed by atoms with Crippen LogP contribution in [0.25, 0.3) is 210 Å². The molecule has 0 N–H and O–H groups in total. The normalized spacial score (nSPS) is 11.4. The molecule has 0 aliphatic heterocycles. The lowest BCUT2D eigenvalue weighted by Gasteiger charge is -2.16. The Morgan fingerprint density at radius 1 is 0.125 bits per heavy atom. The van der Waals surface area contributed by atoms with Crippen LogP contribution < -0.4 is 0 Å². The van der Waals surface area contributed by atoms with E-state index in [4.69, 9.17) is 19.9 Å². The second kappa shape index (κ2) is 29.0. The second-order valence-corrected chi connectivity index (χ2v) is 28.8. The molecule has 0 atom stereocenters. The van der Waals surface area contributed by atoms with Gasteiger partial charge in [0, 0.05) is 54.7 Å². The molecular weight excluding hydrogens is 1350 g/mol. The van der Waals surface area contributed by atoms with Crippen molar-refractivity contribution >= 4 is 75.8 Å². The minimum absolute atomic E-state index is 0.938. The molecule has 0 aliphatic carbocycles. The van der Waals surface area contributed by atoms with Gasteiger partial charge in [0.15, 0.2) is 0 Å². The van der Waals surface area contributed by atoms with E-state index in [9.17, 15) is 0 Å². The van der Waals surface area contributed by atoms with Gasteiger partial charge < -0.3 is 0 Å². The Balaban J connectivity index is 0.000000146. The van der Waals surface area contributed by atoms with Gasteiger partial charge in [0.1, 0.15) is 0 Å². The highest BCUT2D eigenvalue weighted by molar-refractivity contribution is 6.18. The predicted molar refractivity (Wildman–Crippen MR) is 472 cm³/mol. The zero-order valence-electron chi connectivity index (χ0n) is 61.2. The molecule has 0 amide bonds. The third-order valence-corrected chi connectivity index (χ3v) is 21.9. The molecule has 4 nitrogen and oxygen atoms in total. The quantitative estimate of drug-likeness (QED) is 0.114. The summed E-state index contributed by atoms with van der Waals surface area (Å²) in [6.45, 7) is 0. The lowest BCUT2D eigenvalue weighted by atomic mass is 9.90. The lowest BCUT2D eigenvalue weighted by molar-refractivity contribution is 1.32. The van der Waals surface area contributed by atoms with Crippen molar-refractivity contribution in [2.24, 2.45) is 0 Å². The van der Waals surface area contributed by atoms with Gasteiger partial charge in [-0.2, -0.15) is 0 Å². The first-order valence-corrected chi connectivity index (χ1v) is 38.2. The first-order chi connectivity index (χ1) is 55.5. The summed E-state index contributed by atoms with van der Waals surface area (Å²) in [5.74, 6) is 0. The van der Waals surface area contributed by atoms with Gasteiger partial charge in [0.2, 0.25) is 0 Å². The summed E-state index contributed by atoms with van der Waals surface area (Å²) in [5, 5.41) is 12.9. The van der Waals surface area contributed by atoms with E-state index in [0.29, 0.717) is 0 Å². The zero-order chi connectivity index (χ0) is 74.3. The molecule has 0 saturated carbocycles. The van der Waals surface area contributed by atoms with Crippen molar-refractivity contribution in [1.29, 1.82) is 0 Å². The topological polar surface area (TPSA) is 51.6 Å². The molecule has 0 spiro atoms. The molecular formula is C108H70N4. The summed E-state index contributed by atoms with van der Waals surface area (Å²) in [5.41, 5.74) is 29.6. The smallest absolute Gasteiger partial charge is 0.0794 e. The molecule has 0 bridgehead atoms. The van der Waals surface area contributed by atoms with E-state index in [-0.39, 0.29) is 0 Å². The van der Waals surface area contributed by atoms with Gasteiger partial charge >= 0.3 is 0 Å². The Morgan fingerprint density at radius 2 is 0.420 bits per heavy atom. The van der Waals surface area contributed by atoms with Crippen molar-refractivity contribution in [3.63, 3.8) is 0 Å². The minimum Gasteiger partial charge on any atom is -0.248 e. The van der Waals surface area contributed by atoms with Crippen molar-refractivity contribution in [2.45, 2.75) is 0 Å². The number of hydrogen-bond donors (Lipinski definition) is 0. The zero-order valence-corrected chi connectivity index (χ0v) is 61.2. The van der Waals surface area contributed by atoms with Gasteiger partial charge in [-0.25, -0.2) is 19.9 Å². The Kier molecular flexibility index (Phi) is 17.3. The molecule has 21 rings (SSSR count). The van der Waals surface area contributed by atoms with Crippen LogP contribution in [-0.2, 0) is 0 Å². The summed E-state index contributed by atoms with van der Waals surface area (Å²) in [6.07, 6.45) is 0. The predicted octanol–water partition coefficient (Wildman–Crippen LogP) is 29.0. The summed E-state index contributed by atoms with van der Waals surface area (Å²) in [4.78, 5) is 21.1. The Bertz CT molecular complexity index is 7050. The molecule has 21 aromatic rings. The molecule has 4 heterocycles. The number of nitrogens with zero attached hydrogens (tertiary/aromatic N) is 4. The number of fused-ring (bicyclic) bond motifs is 9. The van der Waals surface area contributed by atoms with Crippen LogP contribution in [0.5, 0.6) is 0 Å². The van der Waals surface area contributed by atoms with Crippen LogP contribution >= 0.6 is 0 Å². The van der Waals surface area contributed by atoms with Crippen molar-refractivity contribution in [1.82, 2.24) is 19.9 Å². The van der Waals surface area contributed by atoms with Gasteiger partial charge in [-0.3, -0.25) is 0 Å². The number of benzene rings is 17. The molecule has 0 aliphatic rings. The van der Waals surface area contributed by atoms with Gasteiger partial charge in [-0.05, 0) is 171 Å². The van der Waals surface area contributed by atoms with Gasteiger partial charge in [-0.1, -0.05) is 364 Å². The van der Waals surface area contributed by atoms with Crippen LogP contribution in [0.1, 0.15) is 0 Å². The third-order valence-electron chi connectivity index (χ3n) is 21.9. The molecule has 112 heavy (non-hydrogen) atoms. The fraction of sp³-hybridized carbons (Fsp3) is 0. The average Bonchev–Trinajstić information content (AvgIpc) is 0.741. The lowest BCUT2D eigenvalue weighted by Crippen LogP contribution is -1.94. The largest absolute Gasteiger partial charge is 0.248 e. The summed E-state index contributed by atoms with van der Waals surface area (Å²) in [6, 6.07) is 152. The van der Waals surface area contributed by atoms with Crippen LogP contribution in [0.4, 0.5) is 0 Å². The first-order valence-electron chi connectivity index (χ1n) is 38.2. The fourth-order valence-electron chi connectivity index (χ4n) is 16.1. The Morgan fingerprint density at radius 3 is 0.902 bits per heavy atom. The number of aromatic nitrogens is 4. The fourth-order valence-corrected chi connectivity index (χ4v) is 16.1. The monoisotopic (exact) mass is 1420 g/mol. The molecule has 0 unspecified atom stereocenters. The van der Waals surface area contributed by atoms with Crippen LogP contribution in [0, 0.1) is 0 Å². The number of pyridine rings is 4. The standard InChI is InChI=1S/C56H36N2.C52H34N2/c1-3-13-37(14-4-1)47-33-53(41-17-5-2-6-18-41)57-54(34-47)42-27-25-40(26-28-42)51-36-55(46-30-24-39-16-8-10-20-44(39)32-46)58-56-49-22-12-11-21-48(49)50(35-52(51)56)45-29-23-38-15-7-9-19-43(38)31-45;1-3-11-35(12-4-1)37-19-23-39(24-20-37)46-33-48-47(40-25-29-42(30-26-40)50-32-31-41-15-7-10-18-49(41)53-50)34-51(54-52(48)45-17-9-8-16-44(45)46)43-27-21-38(22-28-43)36-13-5-2-6-14-36/h1-36H;1-34H. The van der Waals surface area contributed by atoms with E-state index in [1.54, 1.807) is 0 Å². The van der Waals surface area contributed by atoms with Crippen LogP contribution in [0.3, 0.4) is 0 Å². The van der Waals surface area contributed by atoms with Crippen molar-refractivity contribution < 1.29 is 0 Å².